The topological polar surface area (TPSA) is 55.2 Å². The molecule has 0 saturated carbocycles. The van der Waals surface area contributed by atoms with Crippen LogP contribution in [0.2, 0.25) is 0 Å². The predicted octanol–water partition coefficient (Wildman–Crippen LogP) is 1.92. The zero-order valence-corrected chi connectivity index (χ0v) is 7.40. The first kappa shape index (κ1) is 8.77. The number of aryl methyl sites for hydroxylation is 2. The molecule has 4 nitrogen and oxygen atoms in total. The largest absolute Gasteiger partial charge is 0.255 e. The highest BCUT2D eigenvalue weighted by atomic mass is 16.3. The van der Waals surface area contributed by atoms with Gasteiger partial charge < -0.3 is 0 Å². The average molecular weight is 165 g/mol. The van der Waals surface area contributed by atoms with E-state index in [1.807, 2.05) is 13.8 Å². The van der Waals surface area contributed by atoms with Crippen LogP contribution in [-0.4, -0.2) is 9.97 Å². The van der Waals surface area contributed by atoms with E-state index in [0.717, 1.165) is 11.4 Å². The van der Waals surface area contributed by atoms with E-state index in [0.29, 0.717) is 5.69 Å². The monoisotopic (exact) mass is 165 g/mol. The summed E-state index contributed by atoms with van der Waals surface area (Å²) >= 11 is 0. The summed E-state index contributed by atoms with van der Waals surface area (Å²) in [6, 6.07) is -0.405. The third-order valence-electron chi connectivity index (χ3n) is 1.66. The van der Waals surface area contributed by atoms with Crippen LogP contribution >= 0.6 is 0 Å². The van der Waals surface area contributed by atoms with Crippen LogP contribution in [0, 0.1) is 18.8 Å². The number of hydrogen-bond donors (Lipinski definition) is 0. The number of nitrogens with zero attached hydrogens (tertiary/aromatic N) is 3. The van der Waals surface area contributed by atoms with Crippen LogP contribution in [0.5, 0.6) is 0 Å². The van der Waals surface area contributed by atoms with Crippen molar-refractivity contribution in [2.75, 3.05) is 0 Å². The van der Waals surface area contributed by atoms with Gasteiger partial charge in [-0.1, -0.05) is 5.18 Å². The van der Waals surface area contributed by atoms with Crippen molar-refractivity contribution in [3.05, 3.63) is 28.2 Å². The molecule has 0 radical (unpaired) electrons. The van der Waals surface area contributed by atoms with Gasteiger partial charge in [0.15, 0.2) is 0 Å². The third-order valence-corrected chi connectivity index (χ3v) is 1.66. The van der Waals surface area contributed by atoms with E-state index >= 15 is 0 Å². The van der Waals surface area contributed by atoms with Gasteiger partial charge in [0.1, 0.15) is 6.04 Å². The summed E-state index contributed by atoms with van der Waals surface area (Å²) < 4.78 is 0. The third kappa shape index (κ3) is 1.64. The maximum atomic E-state index is 10.2. The maximum Gasteiger partial charge on any atom is 0.133 e. The SMILES string of the molecule is Cc1cnc(C(C)N=O)c(C)n1. The van der Waals surface area contributed by atoms with Gasteiger partial charge in [-0.05, 0) is 20.8 Å². The van der Waals surface area contributed by atoms with Crippen molar-refractivity contribution in [3.63, 3.8) is 0 Å². The molecule has 0 aromatic carbocycles. The van der Waals surface area contributed by atoms with Crippen molar-refractivity contribution in [1.29, 1.82) is 0 Å². The molecule has 0 bridgehead atoms. The van der Waals surface area contributed by atoms with Crippen LogP contribution < -0.4 is 0 Å². The number of hydrogen-bond acceptors (Lipinski definition) is 4. The van der Waals surface area contributed by atoms with Crippen LogP contribution in [-0.2, 0) is 0 Å². The Morgan fingerprint density at radius 1 is 1.50 bits per heavy atom. The number of nitroso groups, excluding NO2 is 1. The van der Waals surface area contributed by atoms with Gasteiger partial charge in [0, 0.05) is 6.20 Å². The summed E-state index contributed by atoms with van der Waals surface area (Å²) in [6.07, 6.45) is 1.64. The van der Waals surface area contributed by atoms with Gasteiger partial charge >= 0.3 is 0 Å². The van der Waals surface area contributed by atoms with Crippen molar-refractivity contribution in [2.45, 2.75) is 26.8 Å². The summed E-state index contributed by atoms with van der Waals surface area (Å²) in [5, 5.41) is 2.90. The zero-order chi connectivity index (χ0) is 9.14. The molecule has 1 rings (SSSR count). The van der Waals surface area contributed by atoms with Crippen LogP contribution in [0.25, 0.3) is 0 Å². The minimum Gasteiger partial charge on any atom is -0.255 e. The fourth-order valence-corrected chi connectivity index (χ4v) is 1.07. The van der Waals surface area contributed by atoms with E-state index in [4.69, 9.17) is 0 Å². The number of aromatic nitrogens is 2. The molecule has 0 saturated heterocycles. The first-order chi connectivity index (χ1) is 5.65. The molecular weight excluding hydrogens is 154 g/mol. The van der Waals surface area contributed by atoms with Crippen LogP contribution in [0.1, 0.15) is 30.0 Å². The molecule has 0 fully saturated rings. The predicted molar refractivity (Wildman–Crippen MR) is 45.7 cm³/mol. The lowest BCUT2D eigenvalue weighted by molar-refractivity contribution is 0.750. The van der Waals surface area contributed by atoms with Crippen LogP contribution in [0.15, 0.2) is 11.4 Å². The lowest BCUT2D eigenvalue weighted by atomic mass is 10.2. The highest BCUT2D eigenvalue weighted by Gasteiger charge is 2.10. The van der Waals surface area contributed by atoms with Gasteiger partial charge in [0.05, 0.1) is 17.1 Å². The van der Waals surface area contributed by atoms with E-state index < -0.39 is 6.04 Å². The summed E-state index contributed by atoms with van der Waals surface area (Å²) in [7, 11) is 0. The molecule has 0 N–H and O–H groups in total. The lowest BCUT2D eigenvalue weighted by Crippen LogP contribution is -2.00. The standard InChI is InChI=1S/C8H11N3O/c1-5-4-9-8(6(2)10-5)7(3)11-12/h4,7H,1-3H3. The molecule has 0 aliphatic carbocycles. The molecule has 1 aromatic rings. The van der Waals surface area contributed by atoms with E-state index in [1.54, 1.807) is 13.1 Å². The second-order valence-corrected chi connectivity index (χ2v) is 2.76. The Kier molecular flexibility index (Phi) is 2.47. The van der Waals surface area contributed by atoms with E-state index in [1.165, 1.54) is 0 Å². The summed E-state index contributed by atoms with van der Waals surface area (Å²) in [6.45, 7) is 5.40. The normalized spacial score (nSPS) is 12.6. The molecule has 0 aliphatic heterocycles. The van der Waals surface area contributed by atoms with Crippen molar-refractivity contribution in [2.24, 2.45) is 5.18 Å². The Morgan fingerprint density at radius 3 is 2.67 bits per heavy atom. The van der Waals surface area contributed by atoms with Gasteiger partial charge in [-0.25, -0.2) is 0 Å². The van der Waals surface area contributed by atoms with Gasteiger partial charge in [-0.3, -0.25) is 9.97 Å². The summed E-state index contributed by atoms with van der Waals surface area (Å²) in [4.78, 5) is 18.5. The van der Waals surface area contributed by atoms with Crippen molar-refractivity contribution >= 4 is 0 Å². The molecule has 1 unspecified atom stereocenters. The highest BCUT2D eigenvalue weighted by molar-refractivity contribution is 5.15. The maximum absolute atomic E-state index is 10.2. The van der Waals surface area contributed by atoms with Crippen molar-refractivity contribution in [3.8, 4) is 0 Å². The van der Waals surface area contributed by atoms with Crippen LogP contribution in [0.3, 0.4) is 0 Å². The van der Waals surface area contributed by atoms with E-state index in [2.05, 4.69) is 15.1 Å². The smallest absolute Gasteiger partial charge is 0.133 e. The van der Waals surface area contributed by atoms with Crippen molar-refractivity contribution in [1.82, 2.24) is 9.97 Å². The Balaban J connectivity index is 3.09. The van der Waals surface area contributed by atoms with Gasteiger partial charge in [-0.15, -0.1) is 0 Å². The van der Waals surface area contributed by atoms with Gasteiger partial charge in [0.25, 0.3) is 0 Å². The molecule has 0 spiro atoms. The minimum atomic E-state index is -0.405. The van der Waals surface area contributed by atoms with E-state index in [-0.39, 0.29) is 0 Å². The molecule has 12 heavy (non-hydrogen) atoms. The van der Waals surface area contributed by atoms with Gasteiger partial charge in [-0.2, -0.15) is 4.91 Å². The molecule has 64 valence electrons. The Morgan fingerprint density at radius 2 is 2.17 bits per heavy atom. The minimum absolute atomic E-state index is 0.405. The molecular formula is C8H11N3O. The van der Waals surface area contributed by atoms with E-state index in [9.17, 15) is 4.91 Å². The Hall–Kier alpha value is -1.32. The highest BCUT2D eigenvalue weighted by Crippen LogP contribution is 2.15. The summed E-state index contributed by atoms with van der Waals surface area (Å²) in [5.74, 6) is 0. The lowest BCUT2D eigenvalue weighted by Gasteiger charge is -2.05. The quantitative estimate of drug-likeness (QED) is 0.629. The molecule has 0 aliphatic rings. The van der Waals surface area contributed by atoms with Crippen LogP contribution in [0.4, 0.5) is 0 Å². The Bertz CT molecular complexity index is 298. The number of rotatable bonds is 2. The second kappa shape index (κ2) is 3.38. The molecule has 1 aromatic heterocycles. The molecule has 0 amide bonds. The Labute approximate surface area is 71.0 Å². The average Bonchev–Trinajstić information content (AvgIpc) is 2.03. The fraction of sp³-hybridized carbons (Fsp3) is 0.500. The zero-order valence-electron chi connectivity index (χ0n) is 7.40. The first-order valence-electron chi connectivity index (χ1n) is 3.77. The molecule has 1 atom stereocenters. The molecule has 4 heteroatoms. The van der Waals surface area contributed by atoms with Gasteiger partial charge in [0.2, 0.25) is 0 Å². The molecule has 1 heterocycles. The second-order valence-electron chi connectivity index (χ2n) is 2.76. The summed E-state index contributed by atoms with van der Waals surface area (Å²) in [5.41, 5.74) is 2.30. The first-order valence-corrected chi connectivity index (χ1v) is 3.77. The van der Waals surface area contributed by atoms with Crippen molar-refractivity contribution < 1.29 is 0 Å². The fourth-order valence-electron chi connectivity index (χ4n) is 1.07.